The van der Waals surface area contributed by atoms with Gasteiger partial charge >= 0.3 is 0 Å². The molecule has 3 heterocycles. The summed E-state index contributed by atoms with van der Waals surface area (Å²) in [6, 6.07) is 9.46. The first-order valence-electron chi connectivity index (χ1n) is 8.20. The lowest BCUT2D eigenvalue weighted by Gasteiger charge is -2.19. The van der Waals surface area contributed by atoms with Gasteiger partial charge in [-0.05, 0) is 24.6 Å². The fourth-order valence-electron chi connectivity index (χ4n) is 2.72. The molecule has 1 amide bonds. The molecule has 0 saturated heterocycles. The van der Waals surface area contributed by atoms with Crippen molar-refractivity contribution in [3.05, 3.63) is 63.3 Å². The van der Waals surface area contributed by atoms with Gasteiger partial charge in [-0.15, -0.1) is 11.3 Å². The number of rotatable bonds is 6. The molecule has 0 aliphatic carbocycles. The summed E-state index contributed by atoms with van der Waals surface area (Å²) in [5.41, 5.74) is 1.29. The zero-order chi connectivity index (χ0) is 18.8. The third-order valence-electron chi connectivity index (χ3n) is 4.00. The summed E-state index contributed by atoms with van der Waals surface area (Å²) >= 11 is 14.9. The number of thiophene rings is 1. The molecule has 0 bridgehead atoms. The second kappa shape index (κ2) is 7.98. The predicted molar refractivity (Wildman–Crippen MR) is 112 cm³/mol. The molecule has 0 unspecified atom stereocenters. The Bertz CT molecular complexity index is 1040. The normalized spacial score (nSPS) is 11.2. The highest BCUT2D eigenvalue weighted by Crippen LogP contribution is 2.35. The van der Waals surface area contributed by atoms with Crippen LogP contribution < -0.4 is 4.90 Å². The molecule has 0 radical (unpaired) electrons. The maximum Gasteiger partial charge on any atom is 0.262 e. The van der Waals surface area contributed by atoms with Gasteiger partial charge in [0.1, 0.15) is 4.34 Å². The van der Waals surface area contributed by atoms with Crippen molar-refractivity contribution in [2.45, 2.75) is 13.0 Å². The number of imidazole rings is 1. The molecular weight excluding hydrogens is 423 g/mol. The zero-order valence-corrected chi connectivity index (χ0v) is 17.2. The Morgan fingerprint density at radius 1 is 1.22 bits per heavy atom. The number of amides is 1. The number of benzene rings is 1. The predicted octanol–water partition coefficient (Wildman–Crippen LogP) is 5.60. The van der Waals surface area contributed by atoms with Crippen molar-refractivity contribution >= 4 is 67.1 Å². The molecule has 0 N–H and O–H groups in total. The smallest absolute Gasteiger partial charge is 0.262 e. The lowest BCUT2D eigenvalue weighted by atomic mass is 10.3. The molecule has 9 heteroatoms. The van der Waals surface area contributed by atoms with Crippen LogP contribution in [0.5, 0.6) is 0 Å². The Hall–Kier alpha value is -1.93. The fraction of sp³-hybridized carbons (Fsp3) is 0.167. The zero-order valence-electron chi connectivity index (χ0n) is 14.0. The summed E-state index contributed by atoms with van der Waals surface area (Å²) in [6.07, 6.45) is 6.16. The molecule has 0 atom stereocenters. The van der Waals surface area contributed by atoms with Crippen molar-refractivity contribution in [3.8, 4) is 0 Å². The highest BCUT2D eigenvalue weighted by atomic mass is 35.5. The number of fused-ring (bicyclic) bond motifs is 1. The third kappa shape index (κ3) is 4.01. The Balaban J connectivity index is 1.63. The number of anilines is 1. The SMILES string of the molecule is O=C(c1cc(Cl)sc1Cl)N(CCCn1ccnc1)c1nc2ccccc2s1. The largest absolute Gasteiger partial charge is 0.337 e. The maximum atomic E-state index is 13.2. The van der Waals surface area contributed by atoms with Crippen molar-refractivity contribution in [2.75, 3.05) is 11.4 Å². The fourth-order valence-corrected chi connectivity index (χ4v) is 5.16. The van der Waals surface area contributed by atoms with E-state index in [2.05, 4.69) is 9.97 Å². The first kappa shape index (κ1) is 18.4. The quantitative estimate of drug-likeness (QED) is 0.395. The second-order valence-electron chi connectivity index (χ2n) is 5.81. The van der Waals surface area contributed by atoms with Crippen LogP contribution in [0.3, 0.4) is 0 Å². The van der Waals surface area contributed by atoms with E-state index in [1.165, 1.54) is 22.7 Å². The van der Waals surface area contributed by atoms with E-state index in [9.17, 15) is 4.79 Å². The number of halogens is 2. The van der Waals surface area contributed by atoms with Crippen LogP contribution in [0, 0.1) is 0 Å². The Morgan fingerprint density at radius 2 is 2.07 bits per heavy atom. The Kier molecular flexibility index (Phi) is 5.45. The Morgan fingerprint density at radius 3 is 2.78 bits per heavy atom. The summed E-state index contributed by atoms with van der Waals surface area (Å²) in [7, 11) is 0. The van der Waals surface area contributed by atoms with Crippen LogP contribution in [0.1, 0.15) is 16.8 Å². The summed E-state index contributed by atoms with van der Waals surface area (Å²) in [4.78, 5) is 23.6. The van der Waals surface area contributed by atoms with Crippen LogP contribution in [0.25, 0.3) is 10.2 Å². The molecule has 0 fully saturated rings. The van der Waals surface area contributed by atoms with Crippen molar-refractivity contribution in [1.29, 1.82) is 0 Å². The molecule has 138 valence electrons. The van der Waals surface area contributed by atoms with Gasteiger partial charge < -0.3 is 4.57 Å². The number of aromatic nitrogens is 3. The summed E-state index contributed by atoms with van der Waals surface area (Å²) in [5, 5.41) is 0.658. The second-order valence-corrected chi connectivity index (χ2v) is 9.11. The summed E-state index contributed by atoms with van der Waals surface area (Å²) in [5.74, 6) is -0.187. The van der Waals surface area contributed by atoms with Gasteiger partial charge in [-0.3, -0.25) is 9.69 Å². The lowest BCUT2D eigenvalue weighted by Crippen LogP contribution is -2.32. The van der Waals surface area contributed by atoms with E-state index in [-0.39, 0.29) is 5.91 Å². The molecule has 5 nitrogen and oxygen atoms in total. The van der Waals surface area contributed by atoms with E-state index >= 15 is 0 Å². The van der Waals surface area contributed by atoms with Crippen molar-refractivity contribution in [2.24, 2.45) is 0 Å². The van der Waals surface area contributed by atoms with E-state index in [4.69, 9.17) is 23.2 Å². The van der Waals surface area contributed by atoms with E-state index in [0.29, 0.717) is 25.9 Å². The van der Waals surface area contributed by atoms with E-state index in [1.54, 1.807) is 23.5 Å². The monoisotopic (exact) mass is 436 g/mol. The molecule has 0 aliphatic rings. The van der Waals surface area contributed by atoms with Gasteiger partial charge in [-0.1, -0.05) is 46.7 Å². The van der Waals surface area contributed by atoms with Gasteiger partial charge in [0.15, 0.2) is 5.13 Å². The molecule has 4 aromatic rings. The molecule has 0 spiro atoms. The molecule has 3 aromatic heterocycles. The van der Waals surface area contributed by atoms with Crippen LogP contribution in [-0.2, 0) is 6.54 Å². The van der Waals surface area contributed by atoms with Gasteiger partial charge in [0.2, 0.25) is 0 Å². The maximum absolute atomic E-state index is 13.2. The molecule has 1 aromatic carbocycles. The minimum Gasteiger partial charge on any atom is -0.337 e. The van der Waals surface area contributed by atoms with Gasteiger partial charge in [0.25, 0.3) is 5.91 Å². The molecule has 27 heavy (non-hydrogen) atoms. The number of thiazole rings is 1. The number of carbonyl (C=O) groups excluding carboxylic acids is 1. The van der Waals surface area contributed by atoms with Crippen LogP contribution >= 0.6 is 45.9 Å². The number of hydrogen-bond acceptors (Lipinski definition) is 5. The standard InChI is InChI=1S/C18H14Cl2N4OS2/c19-15-10-12(16(20)27-15)17(25)24(8-3-7-23-9-6-21-11-23)18-22-13-4-1-2-5-14(13)26-18/h1-2,4-6,9-11H,3,7-8H2. The third-order valence-corrected chi connectivity index (χ3v) is 6.55. The van der Waals surface area contributed by atoms with Crippen LogP contribution in [0.4, 0.5) is 5.13 Å². The first-order chi connectivity index (χ1) is 13.1. The summed E-state index contributed by atoms with van der Waals surface area (Å²) in [6.45, 7) is 1.27. The number of para-hydroxylation sites is 1. The number of nitrogens with zero attached hydrogens (tertiary/aromatic N) is 4. The molecular formula is C18H14Cl2N4OS2. The first-order valence-corrected chi connectivity index (χ1v) is 10.6. The van der Waals surface area contributed by atoms with Gasteiger partial charge in [-0.2, -0.15) is 0 Å². The lowest BCUT2D eigenvalue weighted by molar-refractivity contribution is 0.0987. The minimum atomic E-state index is -0.187. The van der Waals surface area contributed by atoms with Gasteiger partial charge in [0.05, 0.1) is 26.4 Å². The number of carbonyl (C=O) groups is 1. The molecule has 0 saturated carbocycles. The van der Waals surface area contributed by atoms with Gasteiger partial charge in [-0.25, -0.2) is 9.97 Å². The van der Waals surface area contributed by atoms with E-state index < -0.39 is 0 Å². The molecule has 4 rings (SSSR count). The van der Waals surface area contributed by atoms with Crippen LogP contribution in [0.2, 0.25) is 8.67 Å². The highest BCUT2D eigenvalue weighted by Gasteiger charge is 2.24. The number of hydrogen-bond donors (Lipinski definition) is 0. The topological polar surface area (TPSA) is 51.0 Å². The average Bonchev–Trinajstić information content (AvgIpc) is 3.37. The minimum absolute atomic E-state index is 0.187. The van der Waals surface area contributed by atoms with E-state index in [1.807, 2.05) is 35.0 Å². The van der Waals surface area contributed by atoms with Gasteiger partial charge in [0, 0.05) is 25.5 Å². The van der Waals surface area contributed by atoms with Crippen LogP contribution in [-0.4, -0.2) is 27.0 Å². The summed E-state index contributed by atoms with van der Waals surface area (Å²) < 4.78 is 3.90. The van der Waals surface area contributed by atoms with Crippen molar-refractivity contribution in [1.82, 2.24) is 14.5 Å². The van der Waals surface area contributed by atoms with Crippen molar-refractivity contribution < 1.29 is 4.79 Å². The van der Waals surface area contributed by atoms with Crippen molar-refractivity contribution in [3.63, 3.8) is 0 Å². The average molecular weight is 437 g/mol. The van der Waals surface area contributed by atoms with E-state index in [0.717, 1.165) is 23.2 Å². The Labute approximate surface area is 173 Å². The molecule has 0 aliphatic heterocycles. The van der Waals surface area contributed by atoms with Crippen LogP contribution in [0.15, 0.2) is 49.1 Å². The highest BCUT2D eigenvalue weighted by molar-refractivity contribution is 7.22. The number of aryl methyl sites for hydroxylation is 1.